The van der Waals surface area contributed by atoms with Crippen molar-refractivity contribution in [1.82, 2.24) is 0 Å². The average Bonchev–Trinajstić information content (AvgIpc) is 3.02. The number of aryl methyl sites for hydroxylation is 2. The monoisotopic (exact) mass is 318 g/mol. The van der Waals surface area contributed by atoms with Crippen molar-refractivity contribution in [1.29, 1.82) is 0 Å². The van der Waals surface area contributed by atoms with Crippen LogP contribution in [0, 0.1) is 13.8 Å². The third-order valence-corrected chi connectivity index (χ3v) is 4.35. The van der Waals surface area contributed by atoms with Gasteiger partial charge >= 0.3 is 0 Å². The Morgan fingerprint density at radius 1 is 0.609 bits per heavy atom. The molecule has 0 aliphatic heterocycles. The van der Waals surface area contributed by atoms with Gasteiger partial charge in [0.25, 0.3) is 0 Å². The number of benzene rings is 2. The maximum Gasteiger partial charge on any atom is 0.0630 e. The number of nitrogens with zero attached hydrogens (tertiary/aromatic N) is 2. The molecule has 0 bridgehead atoms. The van der Waals surface area contributed by atoms with Crippen LogP contribution in [-0.2, 0) is 0 Å². The van der Waals surface area contributed by atoms with Crippen LogP contribution in [0.3, 0.4) is 0 Å². The lowest BCUT2D eigenvalue weighted by Crippen LogP contribution is -1.74. The standard InChI is InChI=1S/C20H18N2S/c1-15-3-7-17(8-4-15)21-13-19-11-12-20(23-19)14-22-18-9-5-16(2)6-10-18/h3-14H,1-2H3. The Bertz CT molecular complexity index is 755. The average molecular weight is 318 g/mol. The van der Waals surface area contributed by atoms with Crippen molar-refractivity contribution in [3.05, 3.63) is 81.5 Å². The van der Waals surface area contributed by atoms with Crippen LogP contribution in [0.4, 0.5) is 11.4 Å². The Morgan fingerprint density at radius 2 is 1.00 bits per heavy atom. The van der Waals surface area contributed by atoms with Crippen LogP contribution >= 0.6 is 11.3 Å². The van der Waals surface area contributed by atoms with Crippen molar-refractivity contribution in [2.75, 3.05) is 0 Å². The van der Waals surface area contributed by atoms with Crippen molar-refractivity contribution in [3.8, 4) is 0 Å². The summed E-state index contributed by atoms with van der Waals surface area (Å²) in [4.78, 5) is 11.2. The lowest BCUT2D eigenvalue weighted by molar-refractivity contribution is 1.44. The SMILES string of the molecule is Cc1ccc(N=Cc2ccc(C=Nc3ccc(C)cc3)s2)cc1. The maximum atomic E-state index is 4.50. The molecule has 3 heteroatoms. The van der Waals surface area contributed by atoms with Gasteiger partial charge in [-0.05, 0) is 50.2 Å². The second-order valence-electron chi connectivity index (χ2n) is 5.43. The quantitative estimate of drug-likeness (QED) is 0.538. The predicted octanol–water partition coefficient (Wildman–Crippen LogP) is 5.87. The van der Waals surface area contributed by atoms with Crippen LogP contribution < -0.4 is 0 Å². The summed E-state index contributed by atoms with van der Waals surface area (Å²) in [5.74, 6) is 0. The predicted molar refractivity (Wildman–Crippen MR) is 101 cm³/mol. The molecule has 0 aliphatic rings. The van der Waals surface area contributed by atoms with Crippen LogP contribution in [0.1, 0.15) is 20.9 Å². The van der Waals surface area contributed by atoms with E-state index in [1.54, 1.807) is 11.3 Å². The van der Waals surface area contributed by atoms with Gasteiger partial charge in [-0.1, -0.05) is 35.4 Å². The third kappa shape index (κ3) is 4.47. The topological polar surface area (TPSA) is 24.7 Å². The highest BCUT2D eigenvalue weighted by atomic mass is 32.1. The van der Waals surface area contributed by atoms with Gasteiger partial charge < -0.3 is 0 Å². The fourth-order valence-electron chi connectivity index (χ4n) is 2.05. The summed E-state index contributed by atoms with van der Waals surface area (Å²) < 4.78 is 0. The minimum absolute atomic E-state index is 0.971. The van der Waals surface area contributed by atoms with Gasteiger partial charge in [0.1, 0.15) is 0 Å². The first-order chi connectivity index (χ1) is 11.2. The van der Waals surface area contributed by atoms with Gasteiger partial charge in [0.2, 0.25) is 0 Å². The first kappa shape index (κ1) is 15.4. The number of aliphatic imine (C=N–C) groups is 2. The number of thiophene rings is 1. The Morgan fingerprint density at radius 3 is 1.39 bits per heavy atom. The summed E-state index contributed by atoms with van der Waals surface area (Å²) in [5, 5.41) is 0. The molecule has 23 heavy (non-hydrogen) atoms. The molecular formula is C20H18N2S. The van der Waals surface area contributed by atoms with E-state index in [1.807, 2.05) is 36.7 Å². The molecular weight excluding hydrogens is 300 g/mol. The summed E-state index contributed by atoms with van der Waals surface area (Å²) in [6, 6.07) is 20.5. The molecule has 2 aromatic carbocycles. The summed E-state index contributed by atoms with van der Waals surface area (Å²) in [5.41, 5.74) is 4.43. The molecule has 0 fully saturated rings. The molecule has 114 valence electrons. The van der Waals surface area contributed by atoms with Crippen LogP contribution in [0.25, 0.3) is 0 Å². The van der Waals surface area contributed by atoms with Crippen molar-refractivity contribution >= 4 is 35.1 Å². The van der Waals surface area contributed by atoms with E-state index in [4.69, 9.17) is 0 Å². The number of rotatable bonds is 4. The Balaban J connectivity index is 1.68. The van der Waals surface area contributed by atoms with E-state index in [2.05, 4.69) is 60.2 Å². The number of hydrogen-bond acceptors (Lipinski definition) is 3. The summed E-state index contributed by atoms with van der Waals surface area (Å²) in [6.45, 7) is 4.15. The third-order valence-electron chi connectivity index (χ3n) is 3.40. The summed E-state index contributed by atoms with van der Waals surface area (Å²) in [7, 11) is 0. The van der Waals surface area contributed by atoms with Gasteiger partial charge in [0.05, 0.1) is 11.4 Å². The molecule has 0 N–H and O–H groups in total. The second kappa shape index (κ2) is 7.16. The second-order valence-corrected chi connectivity index (χ2v) is 6.57. The normalized spacial score (nSPS) is 11.6. The smallest absolute Gasteiger partial charge is 0.0630 e. The molecule has 0 atom stereocenters. The molecule has 3 rings (SSSR count). The number of hydrogen-bond donors (Lipinski definition) is 0. The van der Waals surface area contributed by atoms with Crippen molar-refractivity contribution in [2.45, 2.75) is 13.8 Å². The van der Waals surface area contributed by atoms with Crippen LogP contribution in [0.5, 0.6) is 0 Å². The highest BCUT2D eigenvalue weighted by molar-refractivity contribution is 7.15. The van der Waals surface area contributed by atoms with Gasteiger partial charge in [-0.3, -0.25) is 9.98 Å². The molecule has 0 spiro atoms. The van der Waals surface area contributed by atoms with Crippen molar-refractivity contribution < 1.29 is 0 Å². The first-order valence-corrected chi connectivity index (χ1v) is 8.32. The Kier molecular flexibility index (Phi) is 4.79. The molecule has 2 nitrogen and oxygen atoms in total. The molecule has 0 amide bonds. The molecule has 0 saturated carbocycles. The molecule has 0 radical (unpaired) electrons. The lowest BCUT2D eigenvalue weighted by Gasteiger charge is -1.94. The van der Waals surface area contributed by atoms with Gasteiger partial charge in [-0.25, -0.2) is 0 Å². The summed E-state index contributed by atoms with van der Waals surface area (Å²) >= 11 is 1.68. The van der Waals surface area contributed by atoms with Crippen LogP contribution in [0.15, 0.2) is 70.6 Å². The van der Waals surface area contributed by atoms with E-state index in [0.29, 0.717) is 0 Å². The van der Waals surface area contributed by atoms with Crippen molar-refractivity contribution in [3.63, 3.8) is 0 Å². The molecule has 3 aromatic rings. The lowest BCUT2D eigenvalue weighted by atomic mass is 10.2. The zero-order valence-electron chi connectivity index (χ0n) is 13.2. The minimum Gasteiger partial charge on any atom is -0.255 e. The largest absolute Gasteiger partial charge is 0.255 e. The molecule has 0 saturated heterocycles. The highest BCUT2D eigenvalue weighted by Gasteiger charge is 1.96. The van der Waals surface area contributed by atoms with Gasteiger partial charge in [0, 0.05) is 22.2 Å². The van der Waals surface area contributed by atoms with Gasteiger partial charge in [-0.2, -0.15) is 0 Å². The molecule has 0 unspecified atom stereocenters. The minimum atomic E-state index is 0.971. The highest BCUT2D eigenvalue weighted by Crippen LogP contribution is 2.18. The maximum absolute atomic E-state index is 4.50. The first-order valence-electron chi connectivity index (χ1n) is 7.50. The molecule has 0 aliphatic carbocycles. The molecule has 1 aromatic heterocycles. The Labute approximate surface area is 140 Å². The Hall–Kier alpha value is -2.52. The van der Waals surface area contributed by atoms with Gasteiger partial charge in [-0.15, -0.1) is 11.3 Å². The van der Waals surface area contributed by atoms with E-state index < -0.39 is 0 Å². The zero-order chi connectivity index (χ0) is 16.1. The zero-order valence-corrected chi connectivity index (χ0v) is 14.0. The van der Waals surface area contributed by atoms with Crippen LogP contribution in [0.2, 0.25) is 0 Å². The van der Waals surface area contributed by atoms with Gasteiger partial charge in [0.15, 0.2) is 0 Å². The van der Waals surface area contributed by atoms with E-state index in [9.17, 15) is 0 Å². The van der Waals surface area contributed by atoms with Crippen molar-refractivity contribution in [2.24, 2.45) is 9.98 Å². The van der Waals surface area contributed by atoms with E-state index in [1.165, 1.54) is 11.1 Å². The van der Waals surface area contributed by atoms with Crippen LogP contribution in [-0.4, -0.2) is 12.4 Å². The fourth-order valence-corrected chi connectivity index (χ4v) is 2.80. The summed E-state index contributed by atoms with van der Waals surface area (Å²) in [6.07, 6.45) is 3.80. The van der Waals surface area contributed by atoms with E-state index >= 15 is 0 Å². The van der Waals surface area contributed by atoms with E-state index in [-0.39, 0.29) is 0 Å². The molecule has 1 heterocycles. The fraction of sp³-hybridized carbons (Fsp3) is 0.100. The van der Waals surface area contributed by atoms with E-state index in [0.717, 1.165) is 21.1 Å².